The summed E-state index contributed by atoms with van der Waals surface area (Å²) in [6.07, 6.45) is 3.49. The van der Waals surface area contributed by atoms with E-state index < -0.39 is 6.10 Å². The predicted octanol–water partition coefficient (Wildman–Crippen LogP) is 4.18. The molecule has 0 saturated carbocycles. The van der Waals surface area contributed by atoms with Crippen LogP contribution in [-0.2, 0) is 4.84 Å². The highest BCUT2D eigenvalue weighted by Gasteiger charge is 2.26. The Kier molecular flexibility index (Phi) is 5.18. The fourth-order valence-corrected chi connectivity index (χ4v) is 3.67. The third-order valence-electron chi connectivity index (χ3n) is 3.92. The van der Waals surface area contributed by atoms with Crippen molar-refractivity contribution in [1.82, 2.24) is 20.2 Å². The summed E-state index contributed by atoms with van der Waals surface area (Å²) in [5.41, 5.74) is 4.87. The van der Waals surface area contributed by atoms with E-state index in [-0.39, 0.29) is 5.89 Å². The van der Waals surface area contributed by atoms with Crippen molar-refractivity contribution in [3.63, 3.8) is 0 Å². The summed E-state index contributed by atoms with van der Waals surface area (Å²) in [4.78, 5) is 13.6. The molecular weight excluding hydrogens is 402 g/mol. The molecule has 0 aliphatic rings. The van der Waals surface area contributed by atoms with Crippen LogP contribution in [0, 0.1) is 6.92 Å². The van der Waals surface area contributed by atoms with Crippen LogP contribution in [0.1, 0.15) is 28.8 Å². The van der Waals surface area contributed by atoms with Crippen LogP contribution in [0.25, 0.3) is 10.2 Å². The smallest absolute Gasteiger partial charge is 0.263 e. The molecule has 0 aliphatic carbocycles. The zero-order chi connectivity index (χ0) is 19.5. The first-order chi connectivity index (χ1) is 13.7. The number of hydrogen-bond donors (Lipinski definition) is 0. The van der Waals surface area contributed by atoms with Crippen molar-refractivity contribution in [3.05, 3.63) is 64.0 Å². The summed E-state index contributed by atoms with van der Waals surface area (Å²) in [6.45, 7) is 1.98. The van der Waals surface area contributed by atoms with E-state index in [1.807, 2.05) is 19.1 Å². The Bertz CT molecular complexity index is 1130. The highest BCUT2D eigenvalue weighted by atomic mass is 35.5. The maximum absolute atomic E-state index is 6.24. The molecule has 1 aromatic carbocycles. The zero-order valence-corrected chi connectivity index (χ0v) is 16.4. The van der Waals surface area contributed by atoms with Gasteiger partial charge in [0, 0.05) is 11.8 Å². The van der Waals surface area contributed by atoms with Crippen molar-refractivity contribution < 1.29 is 14.0 Å². The Morgan fingerprint density at radius 3 is 2.96 bits per heavy atom. The van der Waals surface area contributed by atoms with Gasteiger partial charge in [-0.1, -0.05) is 16.8 Å². The molecular formula is C18H14ClN5O3S. The van der Waals surface area contributed by atoms with Gasteiger partial charge in [-0.2, -0.15) is 0 Å². The Hall–Kier alpha value is -3.04. The molecule has 0 saturated heterocycles. The van der Waals surface area contributed by atoms with Crippen LogP contribution < -0.4 is 4.74 Å². The van der Waals surface area contributed by atoms with Crippen LogP contribution in [0.15, 0.2) is 45.9 Å². The van der Waals surface area contributed by atoms with Gasteiger partial charge in [0.05, 0.1) is 32.7 Å². The first-order valence-electron chi connectivity index (χ1n) is 8.14. The van der Waals surface area contributed by atoms with Gasteiger partial charge in [-0.25, -0.2) is 4.98 Å². The normalized spacial score (nSPS) is 12.5. The maximum Gasteiger partial charge on any atom is 0.263 e. The molecule has 0 aliphatic heterocycles. The Morgan fingerprint density at radius 2 is 2.18 bits per heavy atom. The first kappa shape index (κ1) is 18.3. The molecule has 0 spiro atoms. The molecule has 1 unspecified atom stereocenters. The van der Waals surface area contributed by atoms with Gasteiger partial charge >= 0.3 is 0 Å². The molecule has 3 heterocycles. The van der Waals surface area contributed by atoms with E-state index in [4.69, 9.17) is 25.6 Å². The van der Waals surface area contributed by atoms with Crippen LogP contribution >= 0.6 is 22.9 Å². The van der Waals surface area contributed by atoms with Crippen molar-refractivity contribution in [2.24, 2.45) is 5.16 Å². The van der Waals surface area contributed by atoms with Gasteiger partial charge in [-0.15, -0.1) is 21.5 Å². The minimum Gasteiger partial charge on any atom is -0.474 e. The van der Waals surface area contributed by atoms with Crippen LogP contribution in [-0.4, -0.2) is 33.5 Å². The number of fused-ring (bicyclic) bond motifs is 1. The molecule has 0 bridgehead atoms. The summed E-state index contributed by atoms with van der Waals surface area (Å²) in [5.74, 6) is 0.882. The lowest BCUT2D eigenvalue weighted by Gasteiger charge is -2.17. The highest BCUT2D eigenvalue weighted by Crippen LogP contribution is 2.33. The molecule has 0 fully saturated rings. The highest BCUT2D eigenvalue weighted by molar-refractivity contribution is 7.16. The lowest BCUT2D eigenvalue weighted by atomic mass is 10.1. The number of thiazole rings is 1. The number of oxime groups is 1. The standard InChI is InChI=1S/C18H14ClN5O3S/c1-10-3-13(5-14-15(10)21-9-28-14)27-17(18-24-22-8-26-18)16-11(6-23-25-2)4-12(19)7-20-16/h3-9,17H,1-2H3/b23-6+. The number of pyridine rings is 1. The maximum atomic E-state index is 6.24. The van der Waals surface area contributed by atoms with Crippen LogP contribution in [0.5, 0.6) is 5.75 Å². The van der Waals surface area contributed by atoms with Crippen LogP contribution in [0.4, 0.5) is 0 Å². The summed E-state index contributed by atoms with van der Waals surface area (Å²) >= 11 is 7.64. The molecule has 142 valence electrons. The van der Waals surface area contributed by atoms with Crippen molar-refractivity contribution >= 4 is 39.4 Å². The van der Waals surface area contributed by atoms with Gasteiger partial charge < -0.3 is 14.0 Å². The van der Waals surface area contributed by atoms with E-state index in [9.17, 15) is 0 Å². The minimum atomic E-state index is -0.761. The number of ether oxygens (including phenoxy) is 1. The Balaban J connectivity index is 1.79. The van der Waals surface area contributed by atoms with Gasteiger partial charge in [0.1, 0.15) is 12.9 Å². The number of halogens is 1. The Labute approximate surface area is 168 Å². The third kappa shape index (κ3) is 3.67. The first-order valence-corrected chi connectivity index (χ1v) is 9.40. The average Bonchev–Trinajstić information content (AvgIpc) is 3.37. The molecule has 1 atom stereocenters. The van der Waals surface area contributed by atoms with Gasteiger partial charge in [0.2, 0.25) is 12.5 Å². The molecule has 0 radical (unpaired) electrons. The molecule has 3 aromatic heterocycles. The van der Waals surface area contributed by atoms with E-state index in [1.165, 1.54) is 37.3 Å². The fraction of sp³-hybridized carbons (Fsp3) is 0.167. The quantitative estimate of drug-likeness (QED) is 0.344. The second kappa shape index (κ2) is 7.91. The molecule has 10 heteroatoms. The van der Waals surface area contributed by atoms with Gasteiger partial charge in [0.25, 0.3) is 5.89 Å². The number of benzene rings is 1. The van der Waals surface area contributed by atoms with Crippen molar-refractivity contribution in [1.29, 1.82) is 0 Å². The van der Waals surface area contributed by atoms with Gasteiger partial charge in [-0.05, 0) is 30.7 Å². The van der Waals surface area contributed by atoms with E-state index in [1.54, 1.807) is 11.6 Å². The van der Waals surface area contributed by atoms with Crippen molar-refractivity contribution in [2.45, 2.75) is 13.0 Å². The van der Waals surface area contributed by atoms with Gasteiger partial charge in [-0.3, -0.25) is 4.98 Å². The summed E-state index contributed by atoms with van der Waals surface area (Å²) in [7, 11) is 1.45. The van der Waals surface area contributed by atoms with Gasteiger partial charge in [0.15, 0.2) is 0 Å². The summed E-state index contributed by atoms with van der Waals surface area (Å²) in [5, 5.41) is 12.0. The second-order valence-electron chi connectivity index (χ2n) is 5.76. The Morgan fingerprint density at radius 1 is 1.29 bits per heavy atom. The summed E-state index contributed by atoms with van der Waals surface area (Å²) < 4.78 is 12.7. The molecule has 0 N–H and O–H groups in total. The monoisotopic (exact) mass is 415 g/mol. The van der Waals surface area contributed by atoms with E-state index in [0.29, 0.717) is 22.0 Å². The zero-order valence-electron chi connectivity index (χ0n) is 14.9. The summed E-state index contributed by atoms with van der Waals surface area (Å²) in [6, 6.07) is 5.53. The topological polar surface area (TPSA) is 95.5 Å². The minimum absolute atomic E-state index is 0.254. The number of aromatic nitrogens is 4. The van der Waals surface area contributed by atoms with Crippen molar-refractivity contribution in [3.8, 4) is 5.75 Å². The lowest BCUT2D eigenvalue weighted by Crippen LogP contribution is -2.14. The SMILES string of the molecule is CO/N=C/c1cc(Cl)cnc1C(Oc1cc(C)c2ncsc2c1)c1nnco1. The lowest BCUT2D eigenvalue weighted by molar-refractivity contribution is 0.202. The molecule has 4 rings (SSSR count). The molecule has 28 heavy (non-hydrogen) atoms. The fourth-order valence-electron chi connectivity index (χ4n) is 2.73. The van der Waals surface area contributed by atoms with E-state index >= 15 is 0 Å². The number of hydrogen-bond acceptors (Lipinski definition) is 9. The largest absolute Gasteiger partial charge is 0.474 e. The number of aryl methyl sites for hydroxylation is 1. The van der Waals surface area contributed by atoms with Crippen LogP contribution in [0.3, 0.4) is 0 Å². The van der Waals surface area contributed by atoms with E-state index in [0.717, 1.165) is 15.8 Å². The second-order valence-corrected chi connectivity index (χ2v) is 7.08. The molecule has 4 aromatic rings. The average molecular weight is 416 g/mol. The predicted molar refractivity (Wildman–Crippen MR) is 105 cm³/mol. The van der Waals surface area contributed by atoms with Crippen molar-refractivity contribution in [2.75, 3.05) is 7.11 Å². The molecule has 8 nitrogen and oxygen atoms in total. The number of nitrogens with zero attached hydrogens (tertiary/aromatic N) is 5. The van der Waals surface area contributed by atoms with E-state index in [2.05, 4.69) is 25.3 Å². The van der Waals surface area contributed by atoms with Crippen LogP contribution in [0.2, 0.25) is 5.02 Å². The third-order valence-corrected chi connectivity index (χ3v) is 4.90. The molecule has 0 amide bonds. The number of rotatable bonds is 6.